The van der Waals surface area contributed by atoms with Gasteiger partial charge in [-0.3, -0.25) is 0 Å². The molecule has 2 rings (SSSR count). The first-order valence-corrected chi connectivity index (χ1v) is 5.50. The molecule has 0 aliphatic carbocycles. The summed E-state index contributed by atoms with van der Waals surface area (Å²) in [5, 5.41) is 0. The van der Waals surface area contributed by atoms with Crippen LogP contribution in [0.2, 0.25) is 0 Å². The Morgan fingerprint density at radius 2 is 2.12 bits per heavy atom. The SMILES string of the molecule is CCOc1ccccc1-c1[nH]c(=O)ncc1C. The number of benzene rings is 1. The molecule has 0 radical (unpaired) electrons. The molecule has 0 aliphatic rings. The molecular weight excluding hydrogens is 216 g/mol. The zero-order valence-electron chi connectivity index (χ0n) is 9.86. The fourth-order valence-electron chi connectivity index (χ4n) is 1.69. The second-order valence-electron chi connectivity index (χ2n) is 3.68. The van der Waals surface area contributed by atoms with E-state index in [1.54, 1.807) is 6.20 Å². The molecule has 4 heteroatoms. The molecule has 4 nitrogen and oxygen atoms in total. The molecular formula is C13H14N2O2. The van der Waals surface area contributed by atoms with Crippen LogP contribution in [0.1, 0.15) is 12.5 Å². The van der Waals surface area contributed by atoms with Gasteiger partial charge in [0, 0.05) is 11.8 Å². The molecule has 0 saturated carbocycles. The Labute approximate surface area is 99.3 Å². The van der Waals surface area contributed by atoms with Gasteiger partial charge in [0.2, 0.25) is 0 Å². The van der Waals surface area contributed by atoms with Gasteiger partial charge in [-0.1, -0.05) is 12.1 Å². The number of nitrogens with one attached hydrogen (secondary N) is 1. The van der Waals surface area contributed by atoms with Crippen LogP contribution in [0.3, 0.4) is 0 Å². The van der Waals surface area contributed by atoms with Crippen molar-refractivity contribution >= 4 is 0 Å². The summed E-state index contributed by atoms with van der Waals surface area (Å²) in [4.78, 5) is 17.7. The summed E-state index contributed by atoms with van der Waals surface area (Å²) < 4.78 is 5.54. The maximum absolute atomic E-state index is 11.3. The van der Waals surface area contributed by atoms with Crippen LogP contribution in [0.15, 0.2) is 35.3 Å². The van der Waals surface area contributed by atoms with Gasteiger partial charge in [-0.15, -0.1) is 0 Å². The van der Waals surface area contributed by atoms with Gasteiger partial charge in [0.15, 0.2) is 0 Å². The van der Waals surface area contributed by atoms with Crippen molar-refractivity contribution in [1.82, 2.24) is 9.97 Å². The third-order valence-electron chi connectivity index (χ3n) is 2.46. The topological polar surface area (TPSA) is 55.0 Å². The van der Waals surface area contributed by atoms with Gasteiger partial charge in [0.05, 0.1) is 12.3 Å². The van der Waals surface area contributed by atoms with E-state index in [1.165, 1.54) is 0 Å². The van der Waals surface area contributed by atoms with Gasteiger partial charge < -0.3 is 9.72 Å². The largest absolute Gasteiger partial charge is 0.493 e. The lowest BCUT2D eigenvalue weighted by molar-refractivity contribution is 0.341. The van der Waals surface area contributed by atoms with Gasteiger partial charge in [-0.2, -0.15) is 0 Å². The maximum Gasteiger partial charge on any atom is 0.345 e. The zero-order chi connectivity index (χ0) is 12.3. The number of hydrogen-bond donors (Lipinski definition) is 1. The third kappa shape index (κ3) is 2.36. The molecule has 0 amide bonds. The van der Waals surface area contributed by atoms with E-state index in [0.29, 0.717) is 6.61 Å². The summed E-state index contributed by atoms with van der Waals surface area (Å²) in [5.74, 6) is 0.764. The van der Waals surface area contributed by atoms with E-state index in [4.69, 9.17) is 4.74 Å². The monoisotopic (exact) mass is 230 g/mol. The number of aromatic amines is 1. The lowest BCUT2D eigenvalue weighted by Gasteiger charge is -2.11. The van der Waals surface area contributed by atoms with E-state index >= 15 is 0 Å². The second-order valence-corrected chi connectivity index (χ2v) is 3.68. The van der Waals surface area contributed by atoms with Crippen LogP contribution in [-0.4, -0.2) is 16.6 Å². The number of hydrogen-bond acceptors (Lipinski definition) is 3. The first-order chi connectivity index (χ1) is 8.22. The predicted molar refractivity (Wildman–Crippen MR) is 66.2 cm³/mol. The van der Waals surface area contributed by atoms with Crippen molar-refractivity contribution in [3.8, 4) is 17.0 Å². The van der Waals surface area contributed by atoms with Crippen molar-refractivity contribution in [3.05, 3.63) is 46.5 Å². The molecule has 0 aliphatic heterocycles. The fourth-order valence-corrected chi connectivity index (χ4v) is 1.69. The maximum atomic E-state index is 11.3. The van der Waals surface area contributed by atoms with Crippen molar-refractivity contribution in [3.63, 3.8) is 0 Å². The minimum absolute atomic E-state index is 0.350. The molecule has 1 aromatic carbocycles. The highest BCUT2D eigenvalue weighted by Crippen LogP contribution is 2.29. The van der Waals surface area contributed by atoms with Gasteiger partial charge in [0.25, 0.3) is 0 Å². The van der Waals surface area contributed by atoms with Crippen LogP contribution in [0.4, 0.5) is 0 Å². The van der Waals surface area contributed by atoms with Crippen LogP contribution in [0, 0.1) is 6.92 Å². The molecule has 2 aromatic rings. The van der Waals surface area contributed by atoms with Crippen LogP contribution in [0.5, 0.6) is 5.75 Å². The van der Waals surface area contributed by atoms with Gasteiger partial charge in [-0.05, 0) is 31.5 Å². The molecule has 1 aromatic heterocycles. The van der Waals surface area contributed by atoms with E-state index < -0.39 is 0 Å². The average molecular weight is 230 g/mol. The van der Waals surface area contributed by atoms with E-state index in [1.807, 2.05) is 38.1 Å². The van der Waals surface area contributed by atoms with Crippen LogP contribution >= 0.6 is 0 Å². The Bertz CT molecular complexity index is 576. The van der Waals surface area contributed by atoms with Gasteiger partial charge >= 0.3 is 5.69 Å². The number of aryl methyl sites for hydroxylation is 1. The summed E-state index contributed by atoms with van der Waals surface area (Å²) in [6.07, 6.45) is 1.57. The first-order valence-electron chi connectivity index (χ1n) is 5.50. The van der Waals surface area contributed by atoms with E-state index in [9.17, 15) is 4.79 Å². The number of nitrogens with zero attached hydrogens (tertiary/aromatic N) is 1. The molecule has 1 heterocycles. The summed E-state index contributed by atoms with van der Waals surface area (Å²) in [5.41, 5.74) is 2.20. The minimum atomic E-state index is -0.350. The quantitative estimate of drug-likeness (QED) is 0.878. The molecule has 17 heavy (non-hydrogen) atoms. The van der Waals surface area contributed by atoms with Crippen LogP contribution < -0.4 is 10.4 Å². The van der Waals surface area contributed by atoms with E-state index in [2.05, 4.69) is 9.97 Å². The highest BCUT2D eigenvalue weighted by molar-refractivity contribution is 5.69. The highest BCUT2D eigenvalue weighted by Gasteiger charge is 2.09. The summed E-state index contributed by atoms with van der Waals surface area (Å²) in [6.45, 7) is 4.42. The number of ether oxygens (including phenoxy) is 1. The van der Waals surface area contributed by atoms with Crippen molar-refractivity contribution in [2.24, 2.45) is 0 Å². The van der Waals surface area contributed by atoms with Gasteiger partial charge in [-0.25, -0.2) is 9.78 Å². The minimum Gasteiger partial charge on any atom is -0.493 e. The zero-order valence-corrected chi connectivity index (χ0v) is 9.86. The van der Waals surface area contributed by atoms with Crippen molar-refractivity contribution in [2.45, 2.75) is 13.8 Å². The molecule has 0 unspecified atom stereocenters. The van der Waals surface area contributed by atoms with Crippen molar-refractivity contribution in [2.75, 3.05) is 6.61 Å². The average Bonchev–Trinajstić information content (AvgIpc) is 2.34. The Kier molecular flexibility index (Phi) is 3.23. The molecule has 1 N–H and O–H groups in total. The second kappa shape index (κ2) is 4.82. The summed E-state index contributed by atoms with van der Waals surface area (Å²) in [6, 6.07) is 7.62. The summed E-state index contributed by atoms with van der Waals surface area (Å²) >= 11 is 0. The summed E-state index contributed by atoms with van der Waals surface area (Å²) in [7, 11) is 0. The highest BCUT2D eigenvalue weighted by atomic mass is 16.5. The molecule has 0 atom stereocenters. The smallest absolute Gasteiger partial charge is 0.345 e. The van der Waals surface area contributed by atoms with Crippen molar-refractivity contribution in [1.29, 1.82) is 0 Å². The molecule has 0 saturated heterocycles. The number of para-hydroxylation sites is 1. The van der Waals surface area contributed by atoms with E-state index in [0.717, 1.165) is 22.6 Å². The lowest BCUT2D eigenvalue weighted by Crippen LogP contribution is -2.11. The third-order valence-corrected chi connectivity index (χ3v) is 2.46. The van der Waals surface area contributed by atoms with Crippen LogP contribution in [0.25, 0.3) is 11.3 Å². The number of aromatic nitrogens is 2. The number of H-pyrrole nitrogens is 1. The van der Waals surface area contributed by atoms with Crippen molar-refractivity contribution < 1.29 is 4.74 Å². The normalized spacial score (nSPS) is 10.2. The van der Waals surface area contributed by atoms with Crippen LogP contribution in [-0.2, 0) is 0 Å². The fraction of sp³-hybridized carbons (Fsp3) is 0.231. The Morgan fingerprint density at radius 3 is 2.88 bits per heavy atom. The Hall–Kier alpha value is -2.10. The van der Waals surface area contributed by atoms with E-state index in [-0.39, 0.29) is 5.69 Å². The molecule has 0 spiro atoms. The molecule has 88 valence electrons. The molecule has 0 bridgehead atoms. The standard InChI is InChI=1S/C13H14N2O2/c1-3-17-11-7-5-4-6-10(11)12-9(2)8-14-13(16)15-12/h4-8H,3H2,1-2H3,(H,14,15,16). The van der Waals surface area contributed by atoms with Gasteiger partial charge in [0.1, 0.15) is 5.75 Å². The first kappa shape index (κ1) is 11.4. The number of rotatable bonds is 3. The molecule has 0 fully saturated rings. The Balaban J connectivity index is 2.59. The lowest BCUT2D eigenvalue weighted by atomic mass is 10.1. The predicted octanol–water partition coefficient (Wildman–Crippen LogP) is 2.14. The Morgan fingerprint density at radius 1 is 1.35 bits per heavy atom.